The predicted molar refractivity (Wildman–Crippen MR) is 84.5 cm³/mol. The molecule has 0 aliphatic carbocycles. The SMILES string of the molecule is C=CC1=C(/C=C(\C)C(F)(F)F)CN=C(C2=CC=NCC=C2)C1. The zero-order valence-corrected chi connectivity index (χ0v) is 12.3. The fourth-order valence-electron chi connectivity index (χ4n) is 2.19. The topological polar surface area (TPSA) is 24.7 Å². The summed E-state index contributed by atoms with van der Waals surface area (Å²) in [6.45, 7) is 5.63. The summed E-state index contributed by atoms with van der Waals surface area (Å²) in [5.41, 5.74) is 2.52. The molecule has 2 heterocycles. The lowest BCUT2D eigenvalue weighted by molar-refractivity contribution is -0.0913. The van der Waals surface area contributed by atoms with Gasteiger partial charge in [-0.25, -0.2) is 0 Å². The highest BCUT2D eigenvalue weighted by molar-refractivity contribution is 6.07. The zero-order valence-electron chi connectivity index (χ0n) is 12.3. The van der Waals surface area contributed by atoms with E-state index < -0.39 is 11.7 Å². The van der Waals surface area contributed by atoms with E-state index in [4.69, 9.17) is 0 Å². The van der Waals surface area contributed by atoms with Crippen molar-refractivity contribution in [1.82, 2.24) is 0 Å². The molecule has 0 bridgehead atoms. The van der Waals surface area contributed by atoms with Gasteiger partial charge in [0.15, 0.2) is 0 Å². The first-order chi connectivity index (χ1) is 10.4. The van der Waals surface area contributed by atoms with Gasteiger partial charge in [0.05, 0.1) is 13.1 Å². The van der Waals surface area contributed by atoms with Gasteiger partial charge in [-0.3, -0.25) is 9.98 Å². The third-order valence-corrected chi connectivity index (χ3v) is 3.50. The van der Waals surface area contributed by atoms with Crippen molar-refractivity contribution in [3.8, 4) is 0 Å². The third kappa shape index (κ3) is 3.93. The second-order valence-corrected chi connectivity index (χ2v) is 5.06. The van der Waals surface area contributed by atoms with E-state index in [-0.39, 0.29) is 6.54 Å². The molecule has 0 aromatic carbocycles. The van der Waals surface area contributed by atoms with Crippen LogP contribution in [0.2, 0.25) is 0 Å². The zero-order chi connectivity index (χ0) is 16.2. The number of halogens is 3. The number of allylic oxidation sites excluding steroid dienone is 6. The minimum Gasteiger partial charge on any atom is -0.289 e. The molecule has 2 rings (SSSR count). The van der Waals surface area contributed by atoms with Crippen LogP contribution < -0.4 is 0 Å². The van der Waals surface area contributed by atoms with Crippen molar-refractivity contribution in [3.05, 3.63) is 59.3 Å². The van der Waals surface area contributed by atoms with Crippen LogP contribution in [0.25, 0.3) is 0 Å². The van der Waals surface area contributed by atoms with Gasteiger partial charge >= 0.3 is 6.18 Å². The van der Waals surface area contributed by atoms with Crippen molar-refractivity contribution in [2.75, 3.05) is 13.1 Å². The Morgan fingerprint density at radius 1 is 1.32 bits per heavy atom. The molecule has 2 aliphatic rings. The molecule has 0 saturated heterocycles. The molecule has 2 aliphatic heterocycles. The number of alkyl halides is 3. The lowest BCUT2D eigenvalue weighted by atomic mass is 9.93. The van der Waals surface area contributed by atoms with E-state index in [9.17, 15) is 13.2 Å². The Bertz CT molecular complexity index is 641. The van der Waals surface area contributed by atoms with Crippen molar-refractivity contribution < 1.29 is 13.2 Å². The van der Waals surface area contributed by atoms with Crippen molar-refractivity contribution in [2.45, 2.75) is 19.5 Å². The molecule has 0 aromatic heterocycles. The molecule has 0 aromatic rings. The van der Waals surface area contributed by atoms with E-state index in [0.29, 0.717) is 18.5 Å². The Hall–Kier alpha value is -2.17. The molecule has 0 amide bonds. The highest BCUT2D eigenvalue weighted by Gasteiger charge is 2.30. The summed E-state index contributed by atoms with van der Waals surface area (Å²) in [6.07, 6.45) is 6.39. The van der Waals surface area contributed by atoms with Crippen molar-refractivity contribution >= 4 is 11.9 Å². The Labute approximate surface area is 127 Å². The Morgan fingerprint density at radius 2 is 2.09 bits per heavy atom. The molecule has 0 radical (unpaired) electrons. The molecule has 0 unspecified atom stereocenters. The maximum absolute atomic E-state index is 12.7. The molecule has 0 spiro atoms. The minimum absolute atomic E-state index is 0.229. The summed E-state index contributed by atoms with van der Waals surface area (Å²) in [5.74, 6) is 0. The molecule has 0 N–H and O–H groups in total. The van der Waals surface area contributed by atoms with E-state index in [1.807, 2.05) is 18.2 Å². The Morgan fingerprint density at radius 3 is 2.77 bits per heavy atom. The summed E-state index contributed by atoms with van der Waals surface area (Å²) < 4.78 is 38.0. The first-order valence-electron chi connectivity index (χ1n) is 6.92. The molecule has 5 heteroatoms. The second-order valence-electron chi connectivity index (χ2n) is 5.06. The fourth-order valence-corrected chi connectivity index (χ4v) is 2.19. The van der Waals surface area contributed by atoms with E-state index >= 15 is 0 Å². The summed E-state index contributed by atoms with van der Waals surface area (Å²) >= 11 is 0. The largest absolute Gasteiger partial charge is 0.412 e. The van der Waals surface area contributed by atoms with Gasteiger partial charge in [-0.05, 0) is 35.8 Å². The lowest BCUT2D eigenvalue weighted by Gasteiger charge is -2.18. The van der Waals surface area contributed by atoms with Gasteiger partial charge in [0, 0.05) is 23.9 Å². The van der Waals surface area contributed by atoms with Crippen LogP contribution in [-0.2, 0) is 0 Å². The lowest BCUT2D eigenvalue weighted by Crippen LogP contribution is -2.14. The summed E-state index contributed by atoms with van der Waals surface area (Å²) in [4.78, 5) is 8.55. The quantitative estimate of drug-likeness (QED) is 0.739. The fraction of sp³-hybridized carbons (Fsp3) is 0.294. The van der Waals surface area contributed by atoms with Gasteiger partial charge in [0.25, 0.3) is 0 Å². The Balaban J connectivity index is 2.25. The van der Waals surface area contributed by atoms with Gasteiger partial charge in [-0.2, -0.15) is 13.2 Å². The van der Waals surface area contributed by atoms with Crippen LogP contribution in [0.3, 0.4) is 0 Å². The second kappa shape index (κ2) is 6.73. The average molecular weight is 306 g/mol. The average Bonchev–Trinajstić information content (AvgIpc) is 2.75. The normalized spacial score (nSPS) is 19.7. The monoisotopic (exact) mass is 306 g/mol. The van der Waals surface area contributed by atoms with Crippen molar-refractivity contribution in [3.63, 3.8) is 0 Å². The van der Waals surface area contributed by atoms with E-state index in [0.717, 1.165) is 29.9 Å². The van der Waals surface area contributed by atoms with Crippen molar-refractivity contribution in [1.29, 1.82) is 0 Å². The number of hydrogen-bond acceptors (Lipinski definition) is 2. The number of hydrogen-bond donors (Lipinski definition) is 0. The van der Waals surface area contributed by atoms with Crippen LogP contribution in [0.15, 0.2) is 69.2 Å². The summed E-state index contributed by atoms with van der Waals surface area (Å²) in [5, 5.41) is 0. The van der Waals surface area contributed by atoms with E-state index in [1.165, 1.54) is 0 Å². The first kappa shape index (κ1) is 16.2. The van der Waals surface area contributed by atoms with Gasteiger partial charge in [0.1, 0.15) is 0 Å². The molecule has 0 fully saturated rings. The molecule has 22 heavy (non-hydrogen) atoms. The maximum atomic E-state index is 12.7. The highest BCUT2D eigenvalue weighted by Crippen LogP contribution is 2.29. The molecule has 116 valence electrons. The smallest absolute Gasteiger partial charge is 0.289 e. The van der Waals surface area contributed by atoms with Crippen molar-refractivity contribution in [2.24, 2.45) is 9.98 Å². The minimum atomic E-state index is -4.31. The van der Waals surface area contributed by atoms with Crippen LogP contribution in [-0.4, -0.2) is 31.2 Å². The van der Waals surface area contributed by atoms with Crippen LogP contribution in [0.4, 0.5) is 13.2 Å². The van der Waals surface area contributed by atoms with Gasteiger partial charge < -0.3 is 0 Å². The Kier molecular flexibility index (Phi) is 4.96. The predicted octanol–water partition coefficient (Wildman–Crippen LogP) is 4.39. The molecular formula is C17H17F3N2. The molecule has 0 atom stereocenters. The molecular weight excluding hydrogens is 289 g/mol. The van der Waals surface area contributed by atoms with Gasteiger partial charge in [-0.1, -0.05) is 24.8 Å². The van der Waals surface area contributed by atoms with Crippen LogP contribution in [0, 0.1) is 0 Å². The summed E-state index contributed by atoms with van der Waals surface area (Å²) in [7, 11) is 0. The summed E-state index contributed by atoms with van der Waals surface area (Å²) in [6, 6.07) is 0. The number of nitrogens with zero attached hydrogens (tertiary/aromatic N) is 2. The molecule has 0 saturated carbocycles. The van der Waals surface area contributed by atoms with Gasteiger partial charge in [-0.15, -0.1) is 0 Å². The first-order valence-corrected chi connectivity index (χ1v) is 6.92. The van der Waals surface area contributed by atoms with Gasteiger partial charge in [0.2, 0.25) is 0 Å². The highest BCUT2D eigenvalue weighted by atomic mass is 19.4. The van der Waals surface area contributed by atoms with E-state index in [2.05, 4.69) is 16.6 Å². The maximum Gasteiger partial charge on any atom is 0.412 e. The van der Waals surface area contributed by atoms with Crippen LogP contribution >= 0.6 is 0 Å². The standard InChI is InChI=1S/C17H17F3N2/c1-3-13-10-16(14-5-4-7-21-8-6-14)22-11-15(13)9-12(2)17(18,19)20/h3-6,8-9H,1,7,10-11H2,2H3/b12-9+. The number of rotatable bonds is 3. The van der Waals surface area contributed by atoms with Crippen LogP contribution in [0.1, 0.15) is 13.3 Å². The third-order valence-electron chi connectivity index (χ3n) is 3.50. The van der Waals surface area contributed by atoms with Crippen LogP contribution in [0.5, 0.6) is 0 Å². The van der Waals surface area contributed by atoms with E-state index in [1.54, 1.807) is 12.3 Å². The number of aliphatic imine (C=N–C) groups is 2. The number of dihydropyridines is 1. The molecule has 2 nitrogen and oxygen atoms in total.